The second-order valence-corrected chi connectivity index (χ2v) is 3.56. The van der Waals surface area contributed by atoms with Crippen molar-refractivity contribution < 1.29 is 22.7 Å². The molecule has 18 heavy (non-hydrogen) atoms. The summed E-state index contributed by atoms with van der Waals surface area (Å²) in [6, 6.07) is 2.26. The molecule has 0 unspecified atom stereocenters. The van der Waals surface area contributed by atoms with E-state index in [-0.39, 0.29) is 17.8 Å². The molecule has 0 aliphatic carbocycles. The first-order valence-corrected chi connectivity index (χ1v) is 5.15. The number of hydrogen-bond donors (Lipinski definition) is 1. The number of carbonyl (C=O) groups is 1. The summed E-state index contributed by atoms with van der Waals surface area (Å²) in [5.74, 6) is -0.609. The summed E-state index contributed by atoms with van der Waals surface area (Å²) >= 11 is 0. The van der Waals surface area contributed by atoms with Crippen molar-refractivity contribution >= 4 is 16.9 Å². The van der Waals surface area contributed by atoms with E-state index >= 15 is 0 Å². The fraction of sp³-hybridized carbons (Fsp3) is 0.273. The zero-order chi connectivity index (χ0) is 13.3. The van der Waals surface area contributed by atoms with Gasteiger partial charge in [0, 0.05) is 17.1 Å². The Balaban J connectivity index is 2.43. The number of pyridine rings is 1. The highest BCUT2D eigenvalue weighted by Crippen LogP contribution is 2.29. The smallest absolute Gasteiger partial charge is 0.433 e. The van der Waals surface area contributed by atoms with Crippen molar-refractivity contribution in [1.82, 2.24) is 9.97 Å². The molecule has 0 fully saturated rings. The van der Waals surface area contributed by atoms with Gasteiger partial charge in [-0.2, -0.15) is 13.2 Å². The van der Waals surface area contributed by atoms with E-state index in [1.165, 1.54) is 6.07 Å². The van der Waals surface area contributed by atoms with Crippen LogP contribution in [0.15, 0.2) is 18.3 Å². The summed E-state index contributed by atoms with van der Waals surface area (Å²) < 4.78 is 42.0. The summed E-state index contributed by atoms with van der Waals surface area (Å²) in [7, 11) is 0. The summed E-state index contributed by atoms with van der Waals surface area (Å²) in [6.07, 6.45) is -3.44. The van der Waals surface area contributed by atoms with Crippen LogP contribution in [-0.2, 0) is 10.9 Å². The number of nitrogens with zero attached hydrogens (tertiary/aromatic N) is 1. The van der Waals surface area contributed by atoms with Crippen molar-refractivity contribution in [3.63, 3.8) is 0 Å². The van der Waals surface area contributed by atoms with Crippen molar-refractivity contribution in [3.05, 3.63) is 29.7 Å². The van der Waals surface area contributed by atoms with Crippen LogP contribution in [0.4, 0.5) is 13.2 Å². The minimum Gasteiger partial charge on any atom is -0.461 e. The van der Waals surface area contributed by atoms with Gasteiger partial charge < -0.3 is 9.72 Å². The number of hydrogen-bond acceptors (Lipinski definition) is 3. The van der Waals surface area contributed by atoms with E-state index in [1.807, 2.05) is 0 Å². The van der Waals surface area contributed by atoms with Crippen LogP contribution < -0.4 is 0 Å². The maximum Gasteiger partial charge on any atom is 0.433 e. The number of halogens is 3. The summed E-state index contributed by atoms with van der Waals surface area (Å²) in [5.41, 5.74) is -0.708. The lowest BCUT2D eigenvalue weighted by molar-refractivity contribution is -0.141. The molecule has 2 aromatic heterocycles. The van der Waals surface area contributed by atoms with Gasteiger partial charge in [-0.3, -0.25) is 4.98 Å². The number of nitrogens with one attached hydrogen (secondary N) is 1. The molecule has 0 bridgehead atoms. The average molecular weight is 258 g/mol. The number of esters is 1. The molecule has 2 rings (SSSR count). The van der Waals surface area contributed by atoms with E-state index in [1.54, 1.807) is 6.92 Å². The zero-order valence-electron chi connectivity index (χ0n) is 9.34. The number of H-pyrrole nitrogens is 1. The fourth-order valence-electron chi connectivity index (χ4n) is 1.50. The molecular weight excluding hydrogens is 249 g/mol. The van der Waals surface area contributed by atoms with E-state index < -0.39 is 17.8 Å². The number of rotatable bonds is 2. The first kappa shape index (κ1) is 12.4. The Kier molecular flexibility index (Phi) is 2.98. The number of ether oxygens (including phenoxy) is 1. The molecule has 7 heteroatoms. The van der Waals surface area contributed by atoms with Gasteiger partial charge in [-0.25, -0.2) is 4.79 Å². The lowest BCUT2D eigenvalue weighted by Gasteiger charge is -2.04. The van der Waals surface area contributed by atoms with Gasteiger partial charge in [0.05, 0.1) is 6.61 Å². The van der Waals surface area contributed by atoms with Crippen LogP contribution in [0, 0.1) is 0 Å². The third kappa shape index (κ3) is 2.29. The molecule has 0 aliphatic heterocycles. The van der Waals surface area contributed by atoms with E-state index in [4.69, 9.17) is 4.74 Å². The van der Waals surface area contributed by atoms with Crippen LogP contribution in [0.25, 0.3) is 10.9 Å². The minimum atomic E-state index is -4.51. The van der Waals surface area contributed by atoms with Crippen molar-refractivity contribution in [2.24, 2.45) is 0 Å². The van der Waals surface area contributed by atoms with Crippen LogP contribution in [0.5, 0.6) is 0 Å². The van der Waals surface area contributed by atoms with Gasteiger partial charge >= 0.3 is 12.1 Å². The molecule has 0 amide bonds. The van der Waals surface area contributed by atoms with E-state index in [9.17, 15) is 18.0 Å². The molecule has 4 nitrogen and oxygen atoms in total. The average Bonchev–Trinajstić information content (AvgIpc) is 2.70. The Morgan fingerprint density at radius 2 is 2.17 bits per heavy atom. The topological polar surface area (TPSA) is 55.0 Å². The molecule has 0 aromatic carbocycles. The standard InChI is InChI=1S/C11H9F3N2O2/c1-2-18-10(17)8-3-6-5-15-9(11(12,13)14)4-7(6)16-8/h3-5,16H,2H2,1H3. The largest absolute Gasteiger partial charge is 0.461 e. The minimum absolute atomic E-state index is 0.105. The molecule has 1 N–H and O–H groups in total. The Morgan fingerprint density at radius 1 is 1.44 bits per heavy atom. The van der Waals surface area contributed by atoms with Crippen LogP contribution in [0.2, 0.25) is 0 Å². The Bertz CT molecular complexity index is 589. The number of fused-ring (bicyclic) bond motifs is 1. The van der Waals surface area contributed by atoms with Gasteiger partial charge in [-0.1, -0.05) is 0 Å². The second kappa shape index (κ2) is 4.32. The number of aromatic amines is 1. The molecular formula is C11H9F3N2O2. The third-order valence-electron chi connectivity index (χ3n) is 2.29. The molecule has 0 saturated carbocycles. The summed E-state index contributed by atoms with van der Waals surface area (Å²) in [4.78, 5) is 17.3. The van der Waals surface area contributed by atoms with E-state index in [2.05, 4.69) is 9.97 Å². The maximum absolute atomic E-state index is 12.4. The van der Waals surface area contributed by atoms with Gasteiger partial charge in [0.1, 0.15) is 11.4 Å². The Morgan fingerprint density at radius 3 is 2.78 bits per heavy atom. The van der Waals surface area contributed by atoms with Crippen molar-refractivity contribution in [2.45, 2.75) is 13.1 Å². The summed E-state index contributed by atoms with van der Waals surface area (Å²) in [5, 5.41) is 0.422. The highest BCUT2D eigenvalue weighted by atomic mass is 19.4. The molecule has 0 saturated heterocycles. The van der Waals surface area contributed by atoms with Gasteiger partial charge in [-0.05, 0) is 19.1 Å². The second-order valence-electron chi connectivity index (χ2n) is 3.56. The van der Waals surface area contributed by atoms with Crippen LogP contribution in [0.1, 0.15) is 23.1 Å². The van der Waals surface area contributed by atoms with Crippen molar-refractivity contribution in [2.75, 3.05) is 6.61 Å². The lowest BCUT2D eigenvalue weighted by Crippen LogP contribution is -2.07. The Hall–Kier alpha value is -2.05. The highest BCUT2D eigenvalue weighted by molar-refractivity contribution is 5.94. The molecule has 0 atom stereocenters. The highest BCUT2D eigenvalue weighted by Gasteiger charge is 2.32. The molecule has 0 spiro atoms. The molecule has 0 radical (unpaired) electrons. The van der Waals surface area contributed by atoms with Crippen molar-refractivity contribution in [1.29, 1.82) is 0 Å². The molecule has 0 aliphatic rings. The van der Waals surface area contributed by atoms with E-state index in [0.717, 1.165) is 12.3 Å². The van der Waals surface area contributed by atoms with Crippen LogP contribution >= 0.6 is 0 Å². The van der Waals surface area contributed by atoms with Crippen molar-refractivity contribution in [3.8, 4) is 0 Å². The van der Waals surface area contributed by atoms with E-state index in [0.29, 0.717) is 5.39 Å². The number of alkyl halides is 3. The van der Waals surface area contributed by atoms with Crippen LogP contribution in [-0.4, -0.2) is 22.5 Å². The number of aromatic nitrogens is 2. The van der Waals surface area contributed by atoms with Crippen LogP contribution in [0.3, 0.4) is 0 Å². The first-order chi connectivity index (χ1) is 8.41. The van der Waals surface area contributed by atoms with Gasteiger partial charge in [-0.15, -0.1) is 0 Å². The molecule has 2 aromatic rings. The zero-order valence-corrected chi connectivity index (χ0v) is 9.34. The maximum atomic E-state index is 12.4. The fourth-order valence-corrected chi connectivity index (χ4v) is 1.50. The lowest BCUT2D eigenvalue weighted by atomic mass is 10.2. The molecule has 96 valence electrons. The third-order valence-corrected chi connectivity index (χ3v) is 2.29. The normalized spacial score (nSPS) is 11.8. The van der Waals surface area contributed by atoms with Gasteiger partial charge in [0.15, 0.2) is 0 Å². The predicted molar refractivity (Wildman–Crippen MR) is 57.1 cm³/mol. The number of carbonyl (C=O) groups excluding carboxylic acids is 1. The molecule has 2 heterocycles. The summed E-state index contributed by atoms with van der Waals surface area (Å²) in [6.45, 7) is 1.84. The Labute approximate surface area is 99.8 Å². The first-order valence-electron chi connectivity index (χ1n) is 5.15. The SMILES string of the molecule is CCOC(=O)c1cc2cnc(C(F)(F)F)cc2[nH]1. The van der Waals surface area contributed by atoms with Gasteiger partial charge in [0.2, 0.25) is 0 Å². The van der Waals surface area contributed by atoms with Gasteiger partial charge in [0.25, 0.3) is 0 Å². The monoisotopic (exact) mass is 258 g/mol. The quantitative estimate of drug-likeness (QED) is 0.842. The predicted octanol–water partition coefficient (Wildman–Crippen LogP) is 2.76.